The van der Waals surface area contributed by atoms with Gasteiger partial charge in [-0.1, -0.05) is 91.0 Å². The quantitative estimate of drug-likeness (QED) is 0.461. The number of nitrogens with zero attached hydrogens (tertiary/aromatic N) is 1. The molecule has 120 valence electrons. The van der Waals surface area contributed by atoms with E-state index in [9.17, 15) is 0 Å². The number of benzene rings is 3. The van der Waals surface area contributed by atoms with Gasteiger partial charge < -0.3 is 4.74 Å². The van der Waals surface area contributed by atoms with Crippen LogP contribution in [-0.2, 0) is 24.3 Å². The minimum atomic E-state index is 0.543. The number of aliphatic imine (C=N–C) groups is 1. The van der Waals surface area contributed by atoms with Crippen molar-refractivity contribution >= 4 is 5.90 Å². The third-order valence-electron chi connectivity index (χ3n) is 3.73. The van der Waals surface area contributed by atoms with E-state index in [0.29, 0.717) is 19.6 Å². The first-order valence-electron chi connectivity index (χ1n) is 8.18. The van der Waals surface area contributed by atoms with Gasteiger partial charge in [-0.2, -0.15) is 0 Å². The zero-order valence-electron chi connectivity index (χ0n) is 13.6. The van der Waals surface area contributed by atoms with Crippen molar-refractivity contribution in [1.29, 1.82) is 0 Å². The van der Waals surface area contributed by atoms with Gasteiger partial charge in [0, 0.05) is 6.42 Å². The van der Waals surface area contributed by atoms with E-state index in [2.05, 4.69) is 36.4 Å². The maximum absolute atomic E-state index is 6.00. The summed E-state index contributed by atoms with van der Waals surface area (Å²) in [7, 11) is 0. The van der Waals surface area contributed by atoms with E-state index in [-0.39, 0.29) is 0 Å². The van der Waals surface area contributed by atoms with Gasteiger partial charge in [-0.05, 0) is 16.7 Å². The molecule has 3 aromatic rings. The lowest BCUT2D eigenvalue weighted by molar-refractivity contribution is 0.284. The average molecular weight is 315 g/mol. The first-order valence-corrected chi connectivity index (χ1v) is 8.18. The Bertz CT molecular complexity index is 752. The molecule has 0 spiro atoms. The van der Waals surface area contributed by atoms with Gasteiger partial charge in [0.1, 0.15) is 6.61 Å². The summed E-state index contributed by atoms with van der Waals surface area (Å²) in [4.78, 5) is 4.70. The summed E-state index contributed by atoms with van der Waals surface area (Å²) in [6, 6.07) is 30.8. The molecule has 0 fully saturated rings. The molecular weight excluding hydrogens is 294 g/mol. The molecule has 0 bridgehead atoms. The number of hydrogen-bond donors (Lipinski definition) is 0. The van der Waals surface area contributed by atoms with Crippen LogP contribution in [0.1, 0.15) is 16.7 Å². The monoisotopic (exact) mass is 315 g/mol. The second-order valence-electron chi connectivity index (χ2n) is 5.63. The van der Waals surface area contributed by atoms with Crippen molar-refractivity contribution in [3.8, 4) is 0 Å². The van der Waals surface area contributed by atoms with Crippen molar-refractivity contribution in [3.63, 3.8) is 0 Å². The summed E-state index contributed by atoms with van der Waals surface area (Å²) in [5.74, 6) is 0.772. The molecule has 24 heavy (non-hydrogen) atoms. The van der Waals surface area contributed by atoms with Crippen LogP contribution < -0.4 is 0 Å². The van der Waals surface area contributed by atoms with Gasteiger partial charge in [-0.3, -0.25) is 4.99 Å². The lowest BCUT2D eigenvalue weighted by Crippen LogP contribution is -2.09. The lowest BCUT2D eigenvalue weighted by atomic mass is 10.1. The first-order chi connectivity index (χ1) is 11.9. The van der Waals surface area contributed by atoms with Gasteiger partial charge in [0.2, 0.25) is 0 Å². The summed E-state index contributed by atoms with van der Waals surface area (Å²) < 4.78 is 6.00. The fourth-order valence-electron chi connectivity index (χ4n) is 2.43. The Morgan fingerprint density at radius 1 is 0.625 bits per heavy atom. The highest BCUT2D eigenvalue weighted by molar-refractivity contribution is 5.78. The van der Waals surface area contributed by atoms with Crippen LogP contribution in [0, 0.1) is 0 Å². The standard InChI is InChI=1S/C22H21NO/c1-4-10-19(11-5-1)16-22(23-17-20-12-6-2-7-13-20)24-18-21-14-8-3-9-15-21/h1-15H,16-18H2. The van der Waals surface area contributed by atoms with E-state index in [1.54, 1.807) is 0 Å². The van der Waals surface area contributed by atoms with Gasteiger partial charge in [0.25, 0.3) is 0 Å². The molecule has 2 nitrogen and oxygen atoms in total. The maximum Gasteiger partial charge on any atom is 0.188 e. The molecule has 0 aromatic heterocycles. The molecule has 3 aromatic carbocycles. The van der Waals surface area contributed by atoms with E-state index in [1.165, 1.54) is 11.1 Å². The Morgan fingerprint density at radius 2 is 1.12 bits per heavy atom. The highest BCUT2D eigenvalue weighted by atomic mass is 16.5. The normalized spacial score (nSPS) is 11.2. The minimum Gasteiger partial charge on any atom is -0.476 e. The zero-order valence-corrected chi connectivity index (χ0v) is 13.6. The molecule has 3 rings (SSSR count). The molecule has 0 saturated heterocycles. The molecule has 0 saturated carbocycles. The fourth-order valence-corrected chi connectivity index (χ4v) is 2.43. The Balaban J connectivity index is 1.70. The smallest absolute Gasteiger partial charge is 0.188 e. The van der Waals surface area contributed by atoms with Crippen molar-refractivity contribution in [2.75, 3.05) is 0 Å². The number of hydrogen-bond acceptors (Lipinski definition) is 2. The Morgan fingerprint density at radius 3 is 1.71 bits per heavy atom. The molecule has 0 heterocycles. The van der Waals surface area contributed by atoms with Gasteiger partial charge in [0.15, 0.2) is 5.90 Å². The predicted molar refractivity (Wildman–Crippen MR) is 99.0 cm³/mol. The van der Waals surface area contributed by atoms with Gasteiger partial charge in [0.05, 0.1) is 6.54 Å². The largest absolute Gasteiger partial charge is 0.476 e. The summed E-state index contributed by atoms with van der Waals surface area (Å²) in [5.41, 5.74) is 3.54. The second-order valence-corrected chi connectivity index (χ2v) is 5.63. The highest BCUT2D eigenvalue weighted by Crippen LogP contribution is 2.08. The molecule has 2 heteroatoms. The third kappa shape index (κ3) is 5.10. The zero-order chi connectivity index (χ0) is 16.5. The lowest BCUT2D eigenvalue weighted by Gasteiger charge is -2.10. The van der Waals surface area contributed by atoms with Crippen LogP contribution in [0.5, 0.6) is 0 Å². The van der Waals surface area contributed by atoms with Crippen molar-refractivity contribution in [2.24, 2.45) is 4.99 Å². The molecule has 0 radical (unpaired) electrons. The topological polar surface area (TPSA) is 21.6 Å². The Hall–Kier alpha value is -2.87. The van der Waals surface area contributed by atoms with Crippen molar-refractivity contribution in [1.82, 2.24) is 0 Å². The van der Waals surface area contributed by atoms with Gasteiger partial charge in [-0.15, -0.1) is 0 Å². The van der Waals surface area contributed by atoms with Crippen molar-refractivity contribution in [2.45, 2.75) is 19.6 Å². The summed E-state index contributed by atoms with van der Waals surface area (Å²) in [6.45, 7) is 1.18. The summed E-state index contributed by atoms with van der Waals surface area (Å²) >= 11 is 0. The van der Waals surface area contributed by atoms with Crippen LogP contribution in [0.15, 0.2) is 96.0 Å². The second kappa shape index (κ2) is 8.68. The Kier molecular flexibility index (Phi) is 5.79. The molecule has 0 unspecified atom stereocenters. The van der Waals surface area contributed by atoms with Crippen LogP contribution in [0.3, 0.4) is 0 Å². The van der Waals surface area contributed by atoms with Crippen LogP contribution in [0.2, 0.25) is 0 Å². The molecule has 0 N–H and O–H groups in total. The van der Waals surface area contributed by atoms with E-state index < -0.39 is 0 Å². The maximum atomic E-state index is 6.00. The molecule has 0 aliphatic heterocycles. The molecule has 0 aliphatic carbocycles. The van der Waals surface area contributed by atoms with Gasteiger partial charge >= 0.3 is 0 Å². The Labute approximate surface area is 143 Å². The molecule has 0 atom stereocenters. The van der Waals surface area contributed by atoms with E-state index in [1.807, 2.05) is 54.6 Å². The van der Waals surface area contributed by atoms with E-state index >= 15 is 0 Å². The van der Waals surface area contributed by atoms with E-state index in [4.69, 9.17) is 9.73 Å². The SMILES string of the molecule is c1ccc(CN=C(Cc2ccccc2)OCc2ccccc2)cc1. The average Bonchev–Trinajstić information content (AvgIpc) is 2.66. The molecular formula is C22H21NO. The van der Waals surface area contributed by atoms with E-state index in [0.717, 1.165) is 11.5 Å². The fraction of sp³-hybridized carbons (Fsp3) is 0.136. The van der Waals surface area contributed by atoms with Crippen molar-refractivity contribution in [3.05, 3.63) is 108 Å². The first kappa shape index (κ1) is 16.0. The molecule has 0 aliphatic rings. The van der Waals surface area contributed by atoms with Gasteiger partial charge in [-0.25, -0.2) is 0 Å². The summed E-state index contributed by atoms with van der Waals surface area (Å²) in [5, 5.41) is 0. The van der Waals surface area contributed by atoms with Crippen LogP contribution in [-0.4, -0.2) is 5.90 Å². The van der Waals surface area contributed by atoms with Crippen LogP contribution >= 0.6 is 0 Å². The third-order valence-corrected chi connectivity index (χ3v) is 3.73. The number of rotatable bonds is 6. The van der Waals surface area contributed by atoms with Crippen LogP contribution in [0.4, 0.5) is 0 Å². The minimum absolute atomic E-state index is 0.543. The molecule has 0 amide bonds. The number of ether oxygens (including phenoxy) is 1. The highest BCUT2D eigenvalue weighted by Gasteiger charge is 2.04. The predicted octanol–water partition coefficient (Wildman–Crippen LogP) is 5.04. The van der Waals surface area contributed by atoms with Crippen LogP contribution in [0.25, 0.3) is 0 Å². The van der Waals surface area contributed by atoms with Crippen molar-refractivity contribution < 1.29 is 4.74 Å². The summed E-state index contributed by atoms with van der Waals surface area (Å²) in [6.07, 6.45) is 0.709.